The van der Waals surface area contributed by atoms with E-state index in [9.17, 15) is 0 Å². The molecule has 0 aliphatic carbocycles. The average molecular weight is 395 g/mol. The summed E-state index contributed by atoms with van der Waals surface area (Å²) in [5.41, 5.74) is 6.19. The smallest absolute Gasteiger partial charge is 0.313 e. The van der Waals surface area contributed by atoms with E-state index >= 15 is 0 Å². The molecule has 1 aliphatic rings. The van der Waals surface area contributed by atoms with Crippen LogP contribution in [-0.2, 0) is 5.66 Å². The van der Waals surface area contributed by atoms with E-state index in [1.165, 1.54) is 16.7 Å². The Kier molecular flexibility index (Phi) is 4.36. The zero-order chi connectivity index (χ0) is 20.6. The number of rotatable bonds is 4. The fourth-order valence-electron chi connectivity index (χ4n) is 3.92. The van der Waals surface area contributed by atoms with Crippen molar-refractivity contribution in [2.24, 2.45) is 4.99 Å². The highest BCUT2D eigenvalue weighted by Gasteiger charge is 2.38. The quantitative estimate of drug-likeness (QED) is 0.426. The van der Waals surface area contributed by atoms with Crippen molar-refractivity contribution in [3.05, 3.63) is 96.2 Å². The van der Waals surface area contributed by atoms with Crippen LogP contribution in [0.4, 0.5) is 11.5 Å². The van der Waals surface area contributed by atoms with Crippen LogP contribution >= 0.6 is 0 Å². The zero-order valence-corrected chi connectivity index (χ0v) is 17.1. The monoisotopic (exact) mass is 394 g/mol. The van der Waals surface area contributed by atoms with Gasteiger partial charge in [0.15, 0.2) is 17.7 Å². The molecule has 0 saturated carbocycles. The molecule has 1 aliphatic heterocycles. The molecule has 0 unspecified atom stereocenters. The number of aliphatic imine (C=N–C) groups is 1. The van der Waals surface area contributed by atoms with E-state index in [0.29, 0.717) is 0 Å². The first kappa shape index (κ1) is 18.2. The summed E-state index contributed by atoms with van der Waals surface area (Å²) in [5.74, 6) is 0.978. The fraction of sp³-hybridized carbons (Fsp3) is 0.120. The highest BCUT2D eigenvalue weighted by molar-refractivity contribution is 5.79. The van der Waals surface area contributed by atoms with E-state index in [2.05, 4.69) is 102 Å². The molecule has 148 valence electrons. The standard InChI is InChI=1S/C25H23N5/c1-18-7-6-10-22(15-18)30-24-23(16-28-30)25(2,27-17-26-24)29-21-13-11-20(12-14-21)19-8-4-3-5-9-19/h3-17,29H,1-2H3,(H,26,27,28)/p+1/t25-/m0/s1. The average Bonchev–Trinajstić information content (AvgIpc) is 3.21. The number of nitrogens with one attached hydrogen (secondary N) is 3. The molecule has 5 nitrogen and oxygen atoms in total. The third kappa shape index (κ3) is 3.24. The van der Waals surface area contributed by atoms with Crippen molar-refractivity contribution in [3.63, 3.8) is 0 Å². The van der Waals surface area contributed by atoms with Crippen molar-refractivity contribution in [1.29, 1.82) is 0 Å². The Bertz CT molecular complexity index is 1210. The summed E-state index contributed by atoms with van der Waals surface area (Å²) in [7, 11) is 0. The number of aromatic nitrogens is 2. The Balaban J connectivity index is 1.45. The summed E-state index contributed by atoms with van der Waals surface area (Å²) in [6.45, 7) is 4.18. The second-order valence-electron chi connectivity index (χ2n) is 7.75. The summed E-state index contributed by atoms with van der Waals surface area (Å²) >= 11 is 0. The first-order valence-electron chi connectivity index (χ1n) is 10.1. The van der Waals surface area contributed by atoms with Crippen molar-refractivity contribution in [2.45, 2.75) is 19.5 Å². The van der Waals surface area contributed by atoms with Crippen molar-refractivity contribution < 1.29 is 4.68 Å². The molecule has 4 aromatic rings. The van der Waals surface area contributed by atoms with Gasteiger partial charge in [0.1, 0.15) is 5.56 Å². The van der Waals surface area contributed by atoms with E-state index in [0.717, 1.165) is 22.8 Å². The molecule has 0 spiro atoms. The Morgan fingerprint density at radius 1 is 0.900 bits per heavy atom. The van der Waals surface area contributed by atoms with E-state index < -0.39 is 5.66 Å². The van der Waals surface area contributed by atoms with Gasteiger partial charge in [-0.25, -0.2) is 15.4 Å². The first-order valence-corrected chi connectivity index (χ1v) is 10.1. The minimum Gasteiger partial charge on any atom is -0.357 e. The van der Waals surface area contributed by atoms with Crippen LogP contribution in [0, 0.1) is 6.92 Å². The number of anilines is 2. The topological polar surface area (TPSA) is 56.1 Å². The van der Waals surface area contributed by atoms with Crippen molar-refractivity contribution >= 4 is 17.8 Å². The lowest BCUT2D eigenvalue weighted by Gasteiger charge is -2.28. The molecule has 5 rings (SSSR count). The summed E-state index contributed by atoms with van der Waals surface area (Å²) in [6, 6.07) is 27.3. The molecule has 0 saturated heterocycles. The van der Waals surface area contributed by atoms with Gasteiger partial charge in [-0.2, -0.15) is 0 Å². The van der Waals surface area contributed by atoms with Crippen LogP contribution < -0.4 is 15.3 Å². The highest BCUT2D eigenvalue weighted by atomic mass is 15.4. The van der Waals surface area contributed by atoms with Crippen molar-refractivity contribution in [1.82, 2.24) is 5.10 Å². The van der Waals surface area contributed by atoms with Crippen LogP contribution in [0.15, 0.2) is 90.1 Å². The molecule has 3 aromatic carbocycles. The Morgan fingerprint density at radius 2 is 1.67 bits per heavy atom. The number of hydrogen-bond donors (Lipinski definition) is 3. The van der Waals surface area contributed by atoms with Crippen LogP contribution in [0.25, 0.3) is 16.8 Å². The maximum atomic E-state index is 4.72. The van der Waals surface area contributed by atoms with Crippen LogP contribution in [0.5, 0.6) is 0 Å². The molecule has 0 fully saturated rings. The molecule has 1 atom stereocenters. The summed E-state index contributed by atoms with van der Waals surface area (Å²) in [6.07, 6.45) is 3.76. The lowest BCUT2D eigenvalue weighted by atomic mass is 10.0. The first-order chi connectivity index (χ1) is 14.6. The van der Waals surface area contributed by atoms with Crippen molar-refractivity contribution in [3.8, 4) is 16.8 Å². The Labute approximate surface area is 176 Å². The zero-order valence-electron chi connectivity index (χ0n) is 17.1. The van der Waals surface area contributed by atoms with E-state index in [1.54, 1.807) is 6.34 Å². The predicted octanol–water partition coefficient (Wildman–Crippen LogP) is 5.01. The van der Waals surface area contributed by atoms with Crippen LogP contribution in [0.1, 0.15) is 18.1 Å². The Hall–Kier alpha value is -3.86. The molecule has 1 aromatic heterocycles. The molecule has 0 bridgehead atoms. The predicted molar refractivity (Wildman–Crippen MR) is 122 cm³/mol. The van der Waals surface area contributed by atoms with Gasteiger partial charge in [-0.3, -0.25) is 0 Å². The second kappa shape index (κ2) is 7.19. The number of benzene rings is 3. The summed E-state index contributed by atoms with van der Waals surface area (Å²) in [4.78, 5) is 4.72. The van der Waals surface area contributed by atoms with Gasteiger partial charge in [0.2, 0.25) is 0 Å². The normalized spacial score (nSPS) is 17.3. The van der Waals surface area contributed by atoms with Gasteiger partial charge in [-0.1, -0.05) is 54.6 Å². The lowest BCUT2D eigenvalue weighted by molar-refractivity contribution is -0.641. The molecule has 2 heterocycles. The van der Waals surface area contributed by atoms with Gasteiger partial charge in [0, 0.05) is 5.69 Å². The van der Waals surface area contributed by atoms with Crippen molar-refractivity contribution in [2.75, 3.05) is 10.6 Å². The third-order valence-corrected chi connectivity index (χ3v) is 5.50. The SMILES string of the molecule is Cc1cccc(-[n+]2[nH]cc3c2NC=N[C@@]3(C)Nc2ccc(-c3ccccc3)cc2)c1. The third-order valence-electron chi connectivity index (χ3n) is 5.50. The molecule has 5 heteroatoms. The van der Waals surface area contributed by atoms with Gasteiger partial charge in [0.05, 0.1) is 6.20 Å². The minimum absolute atomic E-state index is 0.583. The number of nitrogens with zero attached hydrogens (tertiary/aromatic N) is 2. The van der Waals surface area contributed by atoms with Gasteiger partial charge in [-0.05, 0) is 54.8 Å². The maximum absolute atomic E-state index is 4.72. The van der Waals surface area contributed by atoms with Crippen LogP contribution in [0.3, 0.4) is 0 Å². The van der Waals surface area contributed by atoms with E-state index in [-0.39, 0.29) is 0 Å². The van der Waals surface area contributed by atoms with Gasteiger partial charge >= 0.3 is 5.82 Å². The van der Waals surface area contributed by atoms with E-state index in [4.69, 9.17) is 4.99 Å². The molecule has 0 radical (unpaired) electrons. The number of aromatic amines is 1. The number of H-pyrrole nitrogens is 1. The lowest BCUT2D eigenvalue weighted by Crippen LogP contribution is -2.40. The summed E-state index contributed by atoms with van der Waals surface area (Å²) < 4.78 is 2.05. The minimum atomic E-state index is -0.583. The maximum Gasteiger partial charge on any atom is 0.313 e. The molecular weight excluding hydrogens is 370 g/mol. The highest BCUT2D eigenvalue weighted by Crippen LogP contribution is 2.34. The van der Waals surface area contributed by atoms with Gasteiger partial charge in [0.25, 0.3) is 0 Å². The van der Waals surface area contributed by atoms with Gasteiger partial charge in [-0.15, -0.1) is 4.68 Å². The van der Waals surface area contributed by atoms with E-state index in [1.807, 2.05) is 16.9 Å². The number of aryl methyl sites for hydroxylation is 1. The molecular formula is C25H24N5+. The Morgan fingerprint density at radius 3 is 2.43 bits per heavy atom. The fourth-order valence-corrected chi connectivity index (χ4v) is 3.92. The second-order valence-corrected chi connectivity index (χ2v) is 7.75. The molecule has 3 N–H and O–H groups in total. The largest absolute Gasteiger partial charge is 0.357 e. The van der Waals surface area contributed by atoms with Gasteiger partial charge < -0.3 is 5.32 Å². The van der Waals surface area contributed by atoms with Crippen LogP contribution in [0.2, 0.25) is 0 Å². The number of hydrogen-bond acceptors (Lipinski definition) is 3. The molecule has 30 heavy (non-hydrogen) atoms. The summed E-state index contributed by atoms with van der Waals surface area (Å²) in [5, 5.41) is 10.3. The van der Waals surface area contributed by atoms with Crippen LogP contribution in [-0.4, -0.2) is 11.4 Å². The number of fused-ring (bicyclic) bond motifs is 1. The molecule has 0 amide bonds.